The van der Waals surface area contributed by atoms with E-state index in [1.54, 1.807) is 4.90 Å². The largest absolute Gasteiger partial charge is 0.337 e. The molecule has 3 heteroatoms. The Balaban J connectivity index is 2.22. The van der Waals surface area contributed by atoms with E-state index in [2.05, 4.69) is 11.4 Å². The van der Waals surface area contributed by atoms with Gasteiger partial charge in [0, 0.05) is 19.2 Å². The van der Waals surface area contributed by atoms with E-state index in [1.165, 1.54) is 5.56 Å². The molecule has 0 aliphatic carbocycles. The van der Waals surface area contributed by atoms with Gasteiger partial charge in [0.25, 0.3) is 5.91 Å². The zero-order valence-corrected chi connectivity index (χ0v) is 9.21. The number of nitrogens with zero attached hydrogens (tertiary/aromatic N) is 1. The molecule has 0 bridgehead atoms. The van der Waals surface area contributed by atoms with Crippen LogP contribution in [0.2, 0.25) is 0 Å². The second kappa shape index (κ2) is 4.03. The molecule has 0 saturated carbocycles. The number of hydrogen-bond donors (Lipinski definition) is 1. The number of fused-ring (bicyclic) bond motifs is 1. The second-order valence-corrected chi connectivity index (χ2v) is 4.01. The van der Waals surface area contributed by atoms with Crippen molar-refractivity contribution < 1.29 is 4.79 Å². The van der Waals surface area contributed by atoms with Gasteiger partial charge in [-0.2, -0.15) is 0 Å². The van der Waals surface area contributed by atoms with E-state index in [1.807, 2.05) is 26.2 Å². The number of nitrogens with one attached hydrogen (secondary N) is 1. The Labute approximate surface area is 90.1 Å². The highest BCUT2D eigenvalue weighted by molar-refractivity contribution is 5.98. The van der Waals surface area contributed by atoms with Gasteiger partial charge in [0.15, 0.2) is 0 Å². The third-order valence-electron chi connectivity index (χ3n) is 2.82. The van der Waals surface area contributed by atoms with Crippen LogP contribution in [-0.4, -0.2) is 31.4 Å². The van der Waals surface area contributed by atoms with Crippen molar-refractivity contribution in [2.75, 3.05) is 20.6 Å². The third-order valence-corrected chi connectivity index (χ3v) is 2.82. The van der Waals surface area contributed by atoms with Crippen molar-refractivity contribution >= 4 is 5.91 Å². The van der Waals surface area contributed by atoms with Crippen molar-refractivity contribution in [3.8, 4) is 0 Å². The van der Waals surface area contributed by atoms with Crippen LogP contribution >= 0.6 is 0 Å². The summed E-state index contributed by atoms with van der Waals surface area (Å²) < 4.78 is 0. The molecular formula is C12H16N2O. The molecule has 0 atom stereocenters. The van der Waals surface area contributed by atoms with Gasteiger partial charge in [0.1, 0.15) is 0 Å². The Hall–Kier alpha value is -1.35. The van der Waals surface area contributed by atoms with E-state index < -0.39 is 0 Å². The van der Waals surface area contributed by atoms with Crippen molar-refractivity contribution in [2.24, 2.45) is 0 Å². The van der Waals surface area contributed by atoms with Crippen LogP contribution in [0.3, 0.4) is 0 Å². The van der Waals surface area contributed by atoms with Crippen molar-refractivity contribution in [2.45, 2.75) is 13.0 Å². The van der Waals surface area contributed by atoms with Gasteiger partial charge in [-0.3, -0.25) is 4.79 Å². The highest BCUT2D eigenvalue weighted by Crippen LogP contribution is 2.22. The fourth-order valence-corrected chi connectivity index (χ4v) is 1.94. The maximum absolute atomic E-state index is 11.6. The number of amides is 1. The number of likely N-dealkylation sites (N-methyl/N-ethyl adjacent to an activating group) is 1. The van der Waals surface area contributed by atoms with Crippen molar-refractivity contribution in [3.63, 3.8) is 0 Å². The highest BCUT2D eigenvalue weighted by Gasteiger charge is 2.23. The van der Waals surface area contributed by atoms with Gasteiger partial charge in [-0.25, -0.2) is 0 Å². The Morgan fingerprint density at radius 2 is 2.27 bits per heavy atom. The third kappa shape index (κ3) is 1.88. The maximum Gasteiger partial charge on any atom is 0.254 e. The summed E-state index contributed by atoms with van der Waals surface area (Å²) in [6.07, 6.45) is 1.02. The number of rotatable bonds is 3. The molecule has 1 aromatic carbocycles. The van der Waals surface area contributed by atoms with Crippen LogP contribution in [-0.2, 0) is 13.0 Å². The summed E-state index contributed by atoms with van der Waals surface area (Å²) in [5.41, 5.74) is 3.33. The summed E-state index contributed by atoms with van der Waals surface area (Å²) in [4.78, 5) is 13.4. The molecule has 0 spiro atoms. The van der Waals surface area contributed by atoms with E-state index in [-0.39, 0.29) is 5.91 Å². The van der Waals surface area contributed by atoms with E-state index in [0.717, 1.165) is 30.6 Å². The minimum atomic E-state index is 0.144. The Kier molecular flexibility index (Phi) is 2.73. The van der Waals surface area contributed by atoms with Crippen LogP contribution in [0, 0.1) is 0 Å². The van der Waals surface area contributed by atoms with Crippen molar-refractivity contribution in [1.29, 1.82) is 0 Å². The van der Waals surface area contributed by atoms with Gasteiger partial charge in [0.05, 0.1) is 0 Å². The molecule has 0 saturated heterocycles. The smallest absolute Gasteiger partial charge is 0.254 e. The molecule has 3 nitrogen and oxygen atoms in total. The summed E-state index contributed by atoms with van der Waals surface area (Å²) in [5, 5.41) is 3.12. The summed E-state index contributed by atoms with van der Waals surface area (Å²) in [5.74, 6) is 0.144. The summed E-state index contributed by atoms with van der Waals surface area (Å²) in [7, 11) is 3.79. The van der Waals surface area contributed by atoms with E-state index in [4.69, 9.17) is 0 Å². The predicted octanol–water partition coefficient (Wildman–Crippen LogP) is 1.03. The number of carbonyl (C=O) groups is 1. The summed E-state index contributed by atoms with van der Waals surface area (Å²) in [6.45, 7) is 1.73. The molecule has 80 valence electrons. The molecule has 0 radical (unpaired) electrons. The molecule has 15 heavy (non-hydrogen) atoms. The van der Waals surface area contributed by atoms with Crippen LogP contribution in [0.25, 0.3) is 0 Å². The fraction of sp³-hybridized carbons (Fsp3) is 0.417. The Bertz CT molecular complexity index is 387. The minimum absolute atomic E-state index is 0.144. The topological polar surface area (TPSA) is 32.3 Å². The fourth-order valence-electron chi connectivity index (χ4n) is 1.94. The van der Waals surface area contributed by atoms with Crippen molar-refractivity contribution in [3.05, 3.63) is 34.9 Å². The lowest BCUT2D eigenvalue weighted by molar-refractivity contribution is 0.0816. The molecule has 0 aromatic heterocycles. The summed E-state index contributed by atoms with van der Waals surface area (Å²) >= 11 is 0. The molecule has 1 heterocycles. The Morgan fingerprint density at radius 3 is 3.00 bits per heavy atom. The molecule has 1 aromatic rings. The molecule has 0 unspecified atom stereocenters. The van der Waals surface area contributed by atoms with E-state index in [9.17, 15) is 4.79 Å². The van der Waals surface area contributed by atoms with Gasteiger partial charge >= 0.3 is 0 Å². The predicted molar refractivity (Wildman–Crippen MR) is 59.9 cm³/mol. The maximum atomic E-state index is 11.6. The van der Waals surface area contributed by atoms with Gasteiger partial charge in [0.2, 0.25) is 0 Å². The first-order valence-corrected chi connectivity index (χ1v) is 5.24. The standard InChI is InChI=1S/C12H16N2O/c1-13-6-5-9-3-4-11-10(7-9)8-14(2)12(11)15/h3-4,7,13H,5-6,8H2,1-2H3. The van der Waals surface area contributed by atoms with Crippen LogP contribution in [0.4, 0.5) is 0 Å². The van der Waals surface area contributed by atoms with Gasteiger partial charge < -0.3 is 10.2 Å². The highest BCUT2D eigenvalue weighted by atomic mass is 16.2. The lowest BCUT2D eigenvalue weighted by atomic mass is 10.0. The number of carbonyl (C=O) groups excluding carboxylic acids is 1. The molecule has 1 aliphatic heterocycles. The first kappa shape index (κ1) is 10.2. The average Bonchev–Trinajstić information content (AvgIpc) is 2.52. The van der Waals surface area contributed by atoms with Gasteiger partial charge in [-0.05, 0) is 37.2 Å². The second-order valence-electron chi connectivity index (χ2n) is 4.01. The van der Waals surface area contributed by atoms with E-state index in [0.29, 0.717) is 0 Å². The van der Waals surface area contributed by atoms with Crippen LogP contribution < -0.4 is 5.32 Å². The first-order valence-electron chi connectivity index (χ1n) is 5.24. The van der Waals surface area contributed by atoms with Crippen LogP contribution in [0.15, 0.2) is 18.2 Å². The molecule has 0 fully saturated rings. The number of benzene rings is 1. The van der Waals surface area contributed by atoms with Gasteiger partial charge in [-0.1, -0.05) is 12.1 Å². The van der Waals surface area contributed by atoms with Crippen LogP contribution in [0.5, 0.6) is 0 Å². The first-order chi connectivity index (χ1) is 7.22. The number of hydrogen-bond acceptors (Lipinski definition) is 2. The minimum Gasteiger partial charge on any atom is -0.337 e. The molecule has 1 amide bonds. The zero-order valence-electron chi connectivity index (χ0n) is 9.21. The molecule has 1 N–H and O–H groups in total. The van der Waals surface area contributed by atoms with Crippen LogP contribution in [0.1, 0.15) is 21.5 Å². The SMILES string of the molecule is CNCCc1ccc2c(c1)CN(C)C2=O. The molecule has 2 rings (SSSR count). The quantitative estimate of drug-likeness (QED) is 0.797. The normalized spacial score (nSPS) is 14.5. The summed E-state index contributed by atoms with van der Waals surface area (Å²) in [6, 6.07) is 6.15. The zero-order chi connectivity index (χ0) is 10.8. The van der Waals surface area contributed by atoms with Crippen molar-refractivity contribution in [1.82, 2.24) is 10.2 Å². The monoisotopic (exact) mass is 204 g/mol. The Morgan fingerprint density at radius 1 is 1.47 bits per heavy atom. The van der Waals surface area contributed by atoms with E-state index >= 15 is 0 Å². The lowest BCUT2D eigenvalue weighted by Crippen LogP contribution is -2.17. The average molecular weight is 204 g/mol. The lowest BCUT2D eigenvalue weighted by Gasteiger charge is -2.04. The molecular weight excluding hydrogens is 188 g/mol. The van der Waals surface area contributed by atoms with Gasteiger partial charge in [-0.15, -0.1) is 0 Å². The molecule has 1 aliphatic rings.